The van der Waals surface area contributed by atoms with Crippen LogP contribution in [0.3, 0.4) is 0 Å². The van der Waals surface area contributed by atoms with Crippen LogP contribution >= 0.6 is 0 Å². The van der Waals surface area contributed by atoms with E-state index in [0.717, 1.165) is 25.7 Å². The molecule has 1 aliphatic rings. The summed E-state index contributed by atoms with van der Waals surface area (Å²) < 4.78 is 13.2. The van der Waals surface area contributed by atoms with Crippen LogP contribution in [0.25, 0.3) is 11.4 Å². The van der Waals surface area contributed by atoms with Crippen LogP contribution in [0.1, 0.15) is 58.1 Å². The van der Waals surface area contributed by atoms with Gasteiger partial charge in [-0.15, -0.1) is 10.2 Å². The lowest BCUT2D eigenvalue weighted by atomic mass is 9.97. The molecule has 0 bridgehead atoms. The highest BCUT2D eigenvalue weighted by Gasteiger charge is 2.39. The number of hydrogen-bond donors (Lipinski definition) is 1. The predicted molar refractivity (Wildman–Crippen MR) is 127 cm³/mol. The number of halogens is 1. The zero-order valence-electron chi connectivity index (χ0n) is 20.2. The summed E-state index contributed by atoms with van der Waals surface area (Å²) in [5.41, 5.74) is 0.582. The topological polar surface area (TPSA) is 106 Å². The van der Waals surface area contributed by atoms with Gasteiger partial charge in [-0.25, -0.2) is 4.39 Å². The van der Waals surface area contributed by atoms with Crippen LogP contribution in [-0.4, -0.2) is 53.5 Å². The maximum atomic E-state index is 13.7. The number of pyridine rings is 1. The van der Waals surface area contributed by atoms with Crippen molar-refractivity contribution in [1.82, 2.24) is 35.4 Å². The Morgan fingerprint density at radius 3 is 2.40 bits per heavy atom. The van der Waals surface area contributed by atoms with Crippen molar-refractivity contribution in [2.45, 2.75) is 70.6 Å². The van der Waals surface area contributed by atoms with E-state index in [1.165, 1.54) is 16.9 Å². The van der Waals surface area contributed by atoms with Gasteiger partial charge in [-0.2, -0.15) is 4.80 Å². The third-order valence-electron chi connectivity index (χ3n) is 6.05. The fourth-order valence-electron chi connectivity index (χ4n) is 4.44. The van der Waals surface area contributed by atoms with Crippen molar-refractivity contribution in [2.24, 2.45) is 0 Å². The van der Waals surface area contributed by atoms with E-state index in [4.69, 9.17) is 0 Å². The molecule has 2 aromatic heterocycles. The molecule has 10 heteroatoms. The minimum Gasteiger partial charge on any atom is -0.351 e. The molecule has 9 nitrogen and oxygen atoms in total. The van der Waals surface area contributed by atoms with E-state index < -0.39 is 11.6 Å². The molecule has 1 atom stereocenters. The molecular formula is C25H30FN7O2. The monoisotopic (exact) mass is 479 g/mol. The summed E-state index contributed by atoms with van der Waals surface area (Å²) in [6.07, 6.45) is 7.28. The lowest BCUT2D eigenvalue weighted by Crippen LogP contribution is -2.54. The molecule has 0 radical (unpaired) electrons. The number of hydrogen-bond acceptors (Lipinski definition) is 6. The standard InChI is InChI=1S/C25H30FN7O2/c1-25(2,3)33(21(34)16-32-30-23(29-31-32)18-8-10-19(26)11-9-18)22(17-12-14-27-15-13-17)24(35)28-20-6-4-5-7-20/h8-15,20,22H,4-7,16H2,1-3H3,(H,28,35)/t22-/m1/s1. The lowest BCUT2D eigenvalue weighted by Gasteiger charge is -2.41. The van der Waals surface area contributed by atoms with Crippen LogP contribution in [0.2, 0.25) is 0 Å². The third-order valence-corrected chi connectivity index (χ3v) is 6.05. The average molecular weight is 480 g/mol. The van der Waals surface area contributed by atoms with Gasteiger partial charge in [0.05, 0.1) is 0 Å². The Kier molecular flexibility index (Phi) is 7.18. The van der Waals surface area contributed by atoms with E-state index >= 15 is 0 Å². The molecule has 1 saturated carbocycles. The van der Waals surface area contributed by atoms with Gasteiger partial charge in [0, 0.05) is 29.5 Å². The number of amides is 2. The van der Waals surface area contributed by atoms with Crippen LogP contribution in [0, 0.1) is 5.82 Å². The first kappa shape index (κ1) is 24.4. The van der Waals surface area contributed by atoms with Gasteiger partial charge in [0.15, 0.2) is 0 Å². The minimum absolute atomic E-state index is 0.110. The van der Waals surface area contributed by atoms with Crippen molar-refractivity contribution in [1.29, 1.82) is 0 Å². The highest BCUT2D eigenvalue weighted by atomic mass is 19.1. The average Bonchev–Trinajstić information content (AvgIpc) is 3.50. The number of benzene rings is 1. The van der Waals surface area contributed by atoms with Crippen molar-refractivity contribution in [3.8, 4) is 11.4 Å². The summed E-state index contributed by atoms with van der Waals surface area (Å²) in [6, 6.07) is 8.50. The van der Waals surface area contributed by atoms with Crippen LogP contribution in [-0.2, 0) is 16.1 Å². The quantitative estimate of drug-likeness (QED) is 0.557. The molecule has 1 fully saturated rings. The Bertz CT molecular complexity index is 1150. The van der Waals surface area contributed by atoms with Crippen LogP contribution in [0.5, 0.6) is 0 Å². The summed E-state index contributed by atoms with van der Waals surface area (Å²) in [5, 5.41) is 15.4. The second kappa shape index (κ2) is 10.3. The fraction of sp³-hybridized carbons (Fsp3) is 0.440. The Morgan fingerprint density at radius 1 is 1.11 bits per heavy atom. The first-order chi connectivity index (χ1) is 16.7. The minimum atomic E-state index is -0.841. The van der Waals surface area contributed by atoms with Crippen LogP contribution in [0.4, 0.5) is 4.39 Å². The van der Waals surface area contributed by atoms with Gasteiger partial charge in [-0.05, 0) is 80.8 Å². The zero-order chi connectivity index (χ0) is 25.0. The largest absolute Gasteiger partial charge is 0.351 e. The number of nitrogens with zero attached hydrogens (tertiary/aromatic N) is 6. The number of tetrazole rings is 1. The molecule has 1 N–H and O–H groups in total. The molecule has 3 aromatic rings. The first-order valence-electron chi connectivity index (χ1n) is 11.8. The Hall–Kier alpha value is -3.69. The molecule has 2 heterocycles. The number of nitrogens with one attached hydrogen (secondary N) is 1. The van der Waals surface area contributed by atoms with Crippen molar-refractivity contribution in [3.63, 3.8) is 0 Å². The van der Waals surface area contributed by atoms with Gasteiger partial charge < -0.3 is 10.2 Å². The molecule has 1 aromatic carbocycles. The maximum Gasteiger partial charge on any atom is 0.247 e. The summed E-state index contributed by atoms with van der Waals surface area (Å²) in [4.78, 5) is 34.1. The second-order valence-corrected chi connectivity index (χ2v) is 9.76. The molecule has 184 valence electrons. The van der Waals surface area contributed by atoms with Gasteiger partial charge in [-0.1, -0.05) is 12.8 Å². The number of aromatic nitrogens is 5. The molecule has 2 amide bonds. The lowest BCUT2D eigenvalue weighted by molar-refractivity contribution is -0.147. The van der Waals surface area contributed by atoms with Crippen LogP contribution < -0.4 is 5.32 Å². The van der Waals surface area contributed by atoms with E-state index in [2.05, 4.69) is 25.7 Å². The van der Waals surface area contributed by atoms with Gasteiger partial charge in [0.2, 0.25) is 17.6 Å². The molecule has 0 unspecified atom stereocenters. The molecule has 1 aliphatic carbocycles. The molecular weight excluding hydrogens is 449 g/mol. The summed E-state index contributed by atoms with van der Waals surface area (Å²) in [7, 11) is 0. The maximum absolute atomic E-state index is 13.7. The van der Waals surface area contributed by atoms with Gasteiger partial charge in [0.25, 0.3) is 0 Å². The highest BCUT2D eigenvalue weighted by molar-refractivity contribution is 5.89. The normalized spacial score (nSPS) is 15.1. The molecule has 4 rings (SSSR count). The predicted octanol–water partition coefficient (Wildman–Crippen LogP) is 3.30. The van der Waals surface area contributed by atoms with Crippen molar-refractivity contribution < 1.29 is 14.0 Å². The first-order valence-corrected chi connectivity index (χ1v) is 11.8. The van der Waals surface area contributed by atoms with Gasteiger partial charge in [-0.3, -0.25) is 14.6 Å². The Morgan fingerprint density at radius 2 is 1.77 bits per heavy atom. The SMILES string of the molecule is CC(C)(C)N(C(=O)Cn1nnc(-c2ccc(F)cc2)n1)[C@@H](C(=O)NC1CCCC1)c1ccncc1. The summed E-state index contributed by atoms with van der Waals surface area (Å²) in [5.74, 6) is -0.631. The highest BCUT2D eigenvalue weighted by Crippen LogP contribution is 2.30. The number of carbonyl (C=O) groups excluding carboxylic acids is 2. The van der Waals surface area contributed by atoms with E-state index in [1.807, 2.05) is 20.8 Å². The van der Waals surface area contributed by atoms with E-state index in [9.17, 15) is 14.0 Å². The van der Waals surface area contributed by atoms with Gasteiger partial charge in [0.1, 0.15) is 18.4 Å². The molecule has 35 heavy (non-hydrogen) atoms. The van der Waals surface area contributed by atoms with Gasteiger partial charge >= 0.3 is 0 Å². The smallest absolute Gasteiger partial charge is 0.247 e. The number of rotatable bonds is 7. The second-order valence-electron chi connectivity index (χ2n) is 9.76. The third kappa shape index (κ3) is 5.87. The van der Waals surface area contributed by atoms with Crippen LogP contribution in [0.15, 0.2) is 48.8 Å². The van der Waals surface area contributed by atoms with E-state index in [-0.39, 0.29) is 36.0 Å². The van der Waals surface area contributed by atoms with E-state index in [0.29, 0.717) is 11.1 Å². The van der Waals surface area contributed by atoms with Crippen molar-refractivity contribution in [2.75, 3.05) is 0 Å². The molecule has 0 saturated heterocycles. The number of carbonyl (C=O) groups is 2. The van der Waals surface area contributed by atoms with Crippen molar-refractivity contribution >= 4 is 11.8 Å². The van der Waals surface area contributed by atoms with Crippen molar-refractivity contribution in [3.05, 3.63) is 60.2 Å². The Labute approximate surface area is 203 Å². The summed E-state index contributed by atoms with van der Waals surface area (Å²) >= 11 is 0. The molecule has 0 spiro atoms. The molecule has 0 aliphatic heterocycles. The zero-order valence-corrected chi connectivity index (χ0v) is 20.2. The Balaban J connectivity index is 1.61. The summed E-state index contributed by atoms with van der Waals surface area (Å²) in [6.45, 7) is 5.46. The fourth-order valence-corrected chi connectivity index (χ4v) is 4.44. The van der Waals surface area contributed by atoms with E-state index in [1.54, 1.807) is 41.6 Å².